The summed E-state index contributed by atoms with van der Waals surface area (Å²) in [6.45, 7) is 3.41. The van der Waals surface area contributed by atoms with Crippen LogP contribution in [0.5, 0.6) is 5.75 Å². The fourth-order valence-electron chi connectivity index (χ4n) is 7.45. The van der Waals surface area contributed by atoms with E-state index in [0.29, 0.717) is 17.8 Å². The average Bonchev–Trinajstić information content (AvgIpc) is 3.07. The van der Waals surface area contributed by atoms with Gasteiger partial charge in [-0.3, -0.25) is 9.88 Å². The molecule has 3 aliphatic carbocycles. The Balaban J connectivity index is 1.35. The maximum Gasteiger partial charge on any atom is 0.119 e. The molecule has 0 amide bonds. The van der Waals surface area contributed by atoms with Gasteiger partial charge < -0.3 is 9.84 Å². The summed E-state index contributed by atoms with van der Waals surface area (Å²) in [5.41, 5.74) is 4.34. The lowest BCUT2D eigenvalue weighted by Crippen LogP contribution is -2.52. The lowest BCUT2D eigenvalue weighted by Gasteiger charge is -2.52. The van der Waals surface area contributed by atoms with Crippen LogP contribution in [0, 0.1) is 17.3 Å². The predicted molar refractivity (Wildman–Crippen MR) is 123 cm³/mol. The summed E-state index contributed by atoms with van der Waals surface area (Å²) >= 11 is 0. The van der Waals surface area contributed by atoms with Crippen LogP contribution in [-0.2, 0) is 12.8 Å². The summed E-state index contributed by atoms with van der Waals surface area (Å²) in [4.78, 5) is 6.92. The number of aliphatic hydroxyl groups excluding tert-OH is 1. The molecule has 2 saturated carbocycles. The summed E-state index contributed by atoms with van der Waals surface area (Å²) in [6.07, 6.45) is 8.31. The maximum absolute atomic E-state index is 11.2. The van der Waals surface area contributed by atoms with Gasteiger partial charge in [0.15, 0.2) is 0 Å². The van der Waals surface area contributed by atoms with Gasteiger partial charge in [0.25, 0.3) is 0 Å². The first-order valence-corrected chi connectivity index (χ1v) is 12.0. The van der Waals surface area contributed by atoms with E-state index in [1.54, 1.807) is 12.7 Å². The van der Waals surface area contributed by atoms with E-state index < -0.39 is 0 Å². The monoisotopic (exact) mass is 420 g/mol. The number of pyridine rings is 1. The number of fused-ring (bicyclic) bond motifs is 5. The number of hydrogen-bond donors (Lipinski definition) is 1. The van der Waals surface area contributed by atoms with Crippen LogP contribution in [0.3, 0.4) is 0 Å². The number of likely N-dealkylation sites (N-methyl/N-ethyl adjacent to an activating group) is 1. The first kappa shape index (κ1) is 21.0. The predicted octanol–water partition coefficient (Wildman–Crippen LogP) is 4.46. The maximum atomic E-state index is 11.2. The zero-order valence-electron chi connectivity index (χ0n) is 19.1. The number of nitrogens with zero attached hydrogens (tertiary/aromatic N) is 2. The molecule has 2 aromatic rings. The number of methoxy groups -OCH3 is 1. The van der Waals surface area contributed by atoms with Crippen molar-refractivity contribution in [3.8, 4) is 5.75 Å². The third-order valence-electron chi connectivity index (χ3n) is 8.83. The number of aliphatic hydroxyl groups is 1. The molecule has 0 aliphatic heterocycles. The molecule has 5 rings (SSSR count). The Morgan fingerprint density at radius 1 is 1.23 bits per heavy atom. The molecule has 31 heavy (non-hydrogen) atoms. The first-order valence-electron chi connectivity index (χ1n) is 12.0. The summed E-state index contributed by atoms with van der Waals surface area (Å²) < 4.78 is 5.47. The molecule has 0 bridgehead atoms. The fourth-order valence-corrected chi connectivity index (χ4v) is 7.45. The van der Waals surface area contributed by atoms with Crippen LogP contribution in [0.25, 0.3) is 0 Å². The van der Waals surface area contributed by atoms with E-state index in [4.69, 9.17) is 4.74 Å². The van der Waals surface area contributed by atoms with E-state index in [-0.39, 0.29) is 17.6 Å². The molecule has 0 radical (unpaired) electrons. The molecular formula is C27H36N2O2. The van der Waals surface area contributed by atoms with Gasteiger partial charge in [-0.15, -0.1) is 0 Å². The van der Waals surface area contributed by atoms with Gasteiger partial charge >= 0.3 is 0 Å². The van der Waals surface area contributed by atoms with Crippen LogP contribution < -0.4 is 4.74 Å². The zero-order valence-corrected chi connectivity index (χ0v) is 19.1. The smallest absolute Gasteiger partial charge is 0.119 e. The van der Waals surface area contributed by atoms with Gasteiger partial charge in [-0.2, -0.15) is 0 Å². The van der Waals surface area contributed by atoms with Crippen molar-refractivity contribution < 1.29 is 9.84 Å². The highest BCUT2D eigenvalue weighted by Gasteiger charge is 2.58. The molecular weight excluding hydrogens is 384 g/mol. The first-order chi connectivity index (χ1) is 15.0. The molecule has 1 aromatic carbocycles. The number of aromatic nitrogens is 1. The topological polar surface area (TPSA) is 45.6 Å². The normalized spacial score (nSPS) is 34.2. The third-order valence-corrected chi connectivity index (χ3v) is 8.83. The molecule has 6 atom stereocenters. The van der Waals surface area contributed by atoms with Crippen LogP contribution >= 0.6 is 0 Å². The minimum absolute atomic E-state index is 0.184. The standard InChI is InChI=1S/C27H36N2O2/c1-27-13-11-22-21-10-8-20(31-3)16-18(21)7-9-23(22)24(27)17-25(30)26(27)29(2)15-12-19-6-4-5-14-28-19/h4-6,8,10,14,16,22-26,30H,7,9,11-13,15,17H2,1-3H3/t22-,23-,24+,25-,26+,27+/m1/s1. The Morgan fingerprint density at radius 3 is 2.87 bits per heavy atom. The quantitative estimate of drug-likeness (QED) is 0.776. The van der Waals surface area contributed by atoms with Crippen molar-refractivity contribution in [1.29, 1.82) is 0 Å². The zero-order chi connectivity index (χ0) is 21.6. The molecule has 0 saturated heterocycles. The summed E-state index contributed by atoms with van der Waals surface area (Å²) in [6, 6.07) is 13.1. The highest BCUT2D eigenvalue weighted by molar-refractivity contribution is 5.40. The van der Waals surface area contributed by atoms with E-state index in [1.807, 2.05) is 12.3 Å². The van der Waals surface area contributed by atoms with Crippen LogP contribution in [-0.4, -0.2) is 47.8 Å². The van der Waals surface area contributed by atoms with Crippen molar-refractivity contribution in [2.75, 3.05) is 20.7 Å². The highest BCUT2D eigenvalue weighted by atomic mass is 16.5. The molecule has 0 unspecified atom stereocenters. The Labute approximate surface area is 186 Å². The van der Waals surface area contributed by atoms with Gasteiger partial charge in [0.2, 0.25) is 0 Å². The number of aryl methyl sites for hydroxylation is 1. The van der Waals surface area contributed by atoms with Crippen molar-refractivity contribution in [1.82, 2.24) is 9.88 Å². The average molecular weight is 421 g/mol. The van der Waals surface area contributed by atoms with Crippen LogP contribution in [0.4, 0.5) is 0 Å². The van der Waals surface area contributed by atoms with Gasteiger partial charge in [0.05, 0.1) is 13.2 Å². The van der Waals surface area contributed by atoms with E-state index in [2.05, 4.69) is 54.2 Å². The molecule has 1 heterocycles. The van der Waals surface area contributed by atoms with Crippen molar-refractivity contribution in [2.24, 2.45) is 17.3 Å². The molecule has 4 nitrogen and oxygen atoms in total. The van der Waals surface area contributed by atoms with E-state index >= 15 is 0 Å². The summed E-state index contributed by atoms with van der Waals surface area (Å²) in [5.74, 6) is 2.89. The number of hydrogen-bond acceptors (Lipinski definition) is 4. The molecule has 3 aliphatic rings. The van der Waals surface area contributed by atoms with Gasteiger partial charge in [-0.25, -0.2) is 0 Å². The second-order valence-corrected chi connectivity index (χ2v) is 10.3. The lowest BCUT2D eigenvalue weighted by molar-refractivity contribution is -0.0109. The van der Waals surface area contributed by atoms with Crippen molar-refractivity contribution in [3.05, 3.63) is 59.4 Å². The van der Waals surface area contributed by atoms with E-state index in [0.717, 1.165) is 37.3 Å². The van der Waals surface area contributed by atoms with Crippen molar-refractivity contribution in [3.63, 3.8) is 0 Å². The van der Waals surface area contributed by atoms with Gasteiger partial charge in [-0.05, 0) is 97.7 Å². The second-order valence-electron chi connectivity index (χ2n) is 10.3. The number of benzene rings is 1. The Hall–Kier alpha value is -1.91. The van der Waals surface area contributed by atoms with Crippen molar-refractivity contribution in [2.45, 2.75) is 63.5 Å². The molecule has 4 heteroatoms. The van der Waals surface area contributed by atoms with Gasteiger partial charge in [-0.1, -0.05) is 19.1 Å². The van der Waals surface area contributed by atoms with Crippen LogP contribution in [0.2, 0.25) is 0 Å². The highest BCUT2D eigenvalue weighted by Crippen LogP contribution is 2.61. The Kier molecular flexibility index (Phi) is 5.56. The Bertz CT molecular complexity index is 917. The third kappa shape index (κ3) is 3.58. The van der Waals surface area contributed by atoms with Crippen LogP contribution in [0.15, 0.2) is 42.6 Å². The van der Waals surface area contributed by atoms with Crippen LogP contribution in [0.1, 0.15) is 55.3 Å². The van der Waals surface area contributed by atoms with E-state index in [1.165, 1.54) is 24.8 Å². The molecule has 2 fully saturated rings. The van der Waals surface area contributed by atoms with Gasteiger partial charge in [0, 0.05) is 30.9 Å². The molecule has 1 N–H and O–H groups in total. The second kappa shape index (κ2) is 8.22. The minimum atomic E-state index is -0.236. The summed E-state index contributed by atoms with van der Waals surface area (Å²) in [5, 5.41) is 11.2. The largest absolute Gasteiger partial charge is 0.497 e. The summed E-state index contributed by atoms with van der Waals surface area (Å²) in [7, 11) is 3.96. The molecule has 0 spiro atoms. The lowest BCUT2D eigenvalue weighted by atomic mass is 9.55. The SMILES string of the molecule is COc1ccc2c(c1)CC[C@@H]1[C@@H]2CC[C@]2(C)[C@@H](N(C)CCc3ccccn3)[C@H](O)C[C@@H]12. The Morgan fingerprint density at radius 2 is 2.10 bits per heavy atom. The minimum Gasteiger partial charge on any atom is -0.497 e. The fraction of sp³-hybridized carbons (Fsp3) is 0.593. The molecule has 166 valence electrons. The number of rotatable bonds is 5. The van der Waals surface area contributed by atoms with E-state index in [9.17, 15) is 5.11 Å². The number of ether oxygens (including phenoxy) is 1. The molecule has 1 aromatic heterocycles. The van der Waals surface area contributed by atoms with Gasteiger partial charge in [0.1, 0.15) is 5.75 Å². The van der Waals surface area contributed by atoms with Crippen molar-refractivity contribution >= 4 is 0 Å².